The van der Waals surface area contributed by atoms with E-state index in [1.807, 2.05) is 55.5 Å². The molecule has 2 aromatic rings. The summed E-state index contributed by atoms with van der Waals surface area (Å²) in [5.74, 6) is -0.0577. The van der Waals surface area contributed by atoms with Gasteiger partial charge in [0, 0.05) is 24.5 Å². The van der Waals surface area contributed by atoms with Crippen LogP contribution in [0.3, 0.4) is 0 Å². The van der Waals surface area contributed by atoms with Crippen LogP contribution in [-0.2, 0) is 4.79 Å². The Morgan fingerprint density at radius 1 is 1.04 bits per heavy atom. The quantitative estimate of drug-likeness (QED) is 0.911. The molecule has 2 aromatic carbocycles. The Hall–Kier alpha value is -2.82. The second-order valence-electron chi connectivity index (χ2n) is 6.42. The fourth-order valence-corrected chi connectivity index (χ4v) is 3.01. The molecular weight excluding hydrogens is 314 g/mol. The van der Waals surface area contributed by atoms with E-state index < -0.39 is 6.04 Å². The van der Waals surface area contributed by atoms with Gasteiger partial charge in [-0.05, 0) is 56.2 Å². The minimum Gasteiger partial charge on any atom is -0.311 e. The molecule has 0 unspecified atom stereocenters. The SMILES string of the molecule is Cc1ccc(N2CCN(C(=O)Nc3ccccc3)[C@H](C)C2=O)cc1C. The molecule has 1 N–H and O–H groups in total. The molecule has 0 aliphatic carbocycles. The van der Waals surface area contributed by atoms with Crippen molar-refractivity contribution in [3.8, 4) is 0 Å². The van der Waals surface area contributed by atoms with E-state index in [9.17, 15) is 9.59 Å². The first-order valence-electron chi connectivity index (χ1n) is 8.48. The van der Waals surface area contributed by atoms with Crippen LogP contribution in [0, 0.1) is 13.8 Å². The molecule has 0 radical (unpaired) electrons. The van der Waals surface area contributed by atoms with Crippen molar-refractivity contribution < 1.29 is 9.59 Å². The lowest BCUT2D eigenvalue weighted by atomic mass is 10.1. The summed E-state index contributed by atoms with van der Waals surface area (Å²) in [6.07, 6.45) is 0. The van der Waals surface area contributed by atoms with E-state index in [1.165, 1.54) is 5.56 Å². The van der Waals surface area contributed by atoms with Crippen molar-refractivity contribution in [2.45, 2.75) is 26.8 Å². The number of urea groups is 1. The van der Waals surface area contributed by atoms with Crippen molar-refractivity contribution in [2.75, 3.05) is 23.3 Å². The second kappa shape index (κ2) is 6.97. The van der Waals surface area contributed by atoms with Gasteiger partial charge in [0.2, 0.25) is 5.91 Å². The van der Waals surface area contributed by atoms with Gasteiger partial charge in [0.15, 0.2) is 0 Å². The number of aryl methyl sites for hydroxylation is 2. The molecule has 0 spiro atoms. The third kappa shape index (κ3) is 3.50. The highest BCUT2D eigenvalue weighted by molar-refractivity contribution is 6.01. The Morgan fingerprint density at radius 3 is 2.44 bits per heavy atom. The summed E-state index contributed by atoms with van der Waals surface area (Å²) >= 11 is 0. The van der Waals surface area contributed by atoms with E-state index in [4.69, 9.17) is 0 Å². The van der Waals surface area contributed by atoms with Gasteiger partial charge in [-0.15, -0.1) is 0 Å². The van der Waals surface area contributed by atoms with Crippen molar-refractivity contribution >= 4 is 23.3 Å². The summed E-state index contributed by atoms with van der Waals surface area (Å²) in [5.41, 5.74) is 3.97. The van der Waals surface area contributed by atoms with Crippen molar-refractivity contribution in [2.24, 2.45) is 0 Å². The summed E-state index contributed by atoms with van der Waals surface area (Å²) in [6.45, 7) is 6.86. The first-order chi connectivity index (χ1) is 12.0. The summed E-state index contributed by atoms with van der Waals surface area (Å²) in [7, 11) is 0. The Kier molecular flexibility index (Phi) is 4.74. The minimum atomic E-state index is -0.501. The van der Waals surface area contributed by atoms with Crippen molar-refractivity contribution in [1.82, 2.24) is 4.90 Å². The maximum atomic E-state index is 12.8. The van der Waals surface area contributed by atoms with E-state index in [1.54, 1.807) is 16.7 Å². The number of hydrogen-bond donors (Lipinski definition) is 1. The number of rotatable bonds is 2. The largest absolute Gasteiger partial charge is 0.322 e. The molecule has 3 amide bonds. The van der Waals surface area contributed by atoms with Crippen LogP contribution in [0.15, 0.2) is 48.5 Å². The number of para-hydroxylation sites is 1. The topological polar surface area (TPSA) is 52.6 Å². The van der Waals surface area contributed by atoms with E-state index in [2.05, 4.69) is 12.2 Å². The van der Waals surface area contributed by atoms with Crippen molar-refractivity contribution in [3.63, 3.8) is 0 Å². The van der Waals surface area contributed by atoms with Gasteiger partial charge < -0.3 is 15.1 Å². The lowest BCUT2D eigenvalue weighted by molar-refractivity contribution is -0.123. The van der Waals surface area contributed by atoms with E-state index in [-0.39, 0.29) is 11.9 Å². The number of piperazine rings is 1. The Balaban J connectivity index is 1.72. The molecule has 3 rings (SSSR count). The van der Waals surface area contributed by atoms with E-state index >= 15 is 0 Å². The first kappa shape index (κ1) is 17.0. The van der Waals surface area contributed by atoms with Crippen LogP contribution in [0.25, 0.3) is 0 Å². The number of carbonyl (C=O) groups excluding carboxylic acids is 2. The Bertz CT molecular complexity index is 789. The van der Waals surface area contributed by atoms with Gasteiger partial charge in [-0.3, -0.25) is 4.79 Å². The molecule has 1 saturated heterocycles. The first-order valence-corrected chi connectivity index (χ1v) is 8.48. The number of benzene rings is 2. The van der Waals surface area contributed by atoms with Crippen LogP contribution in [0.4, 0.5) is 16.2 Å². The van der Waals surface area contributed by atoms with Gasteiger partial charge >= 0.3 is 6.03 Å². The molecule has 0 bridgehead atoms. The zero-order valence-electron chi connectivity index (χ0n) is 14.8. The van der Waals surface area contributed by atoms with Crippen LogP contribution >= 0.6 is 0 Å². The molecule has 1 heterocycles. The van der Waals surface area contributed by atoms with E-state index in [0.29, 0.717) is 13.1 Å². The monoisotopic (exact) mass is 337 g/mol. The highest BCUT2D eigenvalue weighted by atomic mass is 16.2. The summed E-state index contributed by atoms with van der Waals surface area (Å²) in [6, 6.07) is 14.5. The predicted octanol–water partition coefficient (Wildman–Crippen LogP) is 3.57. The zero-order chi connectivity index (χ0) is 18.0. The molecule has 25 heavy (non-hydrogen) atoms. The molecule has 0 aromatic heterocycles. The zero-order valence-corrected chi connectivity index (χ0v) is 14.8. The predicted molar refractivity (Wildman–Crippen MR) is 99.9 cm³/mol. The van der Waals surface area contributed by atoms with Crippen LogP contribution in [0.5, 0.6) is 0 Å². The molecule has 1 fully saturated rings. The van der Waals surface area contributed by atoms with Gasteiger partial charge in [0.1, 0.15) is 6.04 Å². The molecule has 5 heteroatoms. The highest BCUT2D eigenvalue weighted by Gasteiger charge is 2.35. The van der Waals surface area contributed by atoms with Crippen molar-refractivity contribution in [3.05, 3.63) is 59.7 Å². The molecular formula is C20H23N3O2. The number of hydrogen-bond acceptors (Lipinski definition) is 2. The molecule has 1 aliphatic heterocycles. The third-order valence-electron chi connectivity index (χ3n) is 4.74. The molecule has 130 valence electrons. The third-order valence-corrected chi connectivity index (χ3v) is 4.74. The number of anilines is 2. The van der Waals surface area contributed by atoms with Gasteiger partial charge in [0.05, 0.1) is 0 Å². The number of carbonyl (C=O) groups is 2. The number of nitrogens with one attached hydrogen (secondary N) is 1. The molecule has 1 atom stereocenters. The normalized spacial score (nSPS) is 17.6. The van der Waals surface area contributed by atoms with Crippen LogP contribution in [0.2, 0.25) is 0 Å². The lowest BCUT2D eigenvalue weighted by Gasteiger charge is -2.39. The van der Waals surface area contributed by atoms with Crippen LogP contribution in [-0.4, -0.2) is 36.0 Å². The maximum Gasteiger partial charge on any atom is 0.322 e. The van der Waals surface area contributed by atoms with Gasteiger partial charge in [-0.1, -0.05) is 24.3 Å². The average molecular weight is 337 g/mol. The van der Waals surface area contributed by atoms with Crippen LogP contribution in [0.1, 0.15) is 18.1 Å². The number of nitrogens with zero attached hydrogens (tertiary/aromatic N) is 2. The molecule has 5 nitrogen and oxygen atoms in total. The smallest absolute Gasteiger partial charge is 0.311 e. The van der Waals surface area contributed by atoms with E-state index in [0.717, 1.165) is 16.9 Å². The lowest BCUT2D eigenvalue weighted by Crippen LogP contribution is -2.58. The average Bonchev–Trinajstić information content (AvgIpc) is 2.60. The summed E-state index contributed by atoms with van der Waals surface area (Å²) in [5, 5.41) is 2.85. The second-order valence-corrected chi connectivity index (χ2v) is 6.42. The summed E-state index contributed by atoms with van der Waals surface area (Å²) < 4.78 is 0. The highest BCUT2D eigenvalue weighted by Crippen LogP contribution is 2.23. The minimum absolute atomic E-state index is 0.0577. The van der Waals surface area contributed by atoms with Gasteiger partial charge in [0.25, 0.3) is 0 Å². The molecule has 0 saturated carbocycles. The Labute approximate surface area is 148 Å². The van der Waals surface area contributed by atoms with Gasteiger partial charge in [-0.25, -0.2) is 4.79 Å². The maximum absolute atomic E-state index is 12.8. The Morgan fingerprint density at radius 2 is 1.76 bits per heavy atom. The standard InChI is InChI=1S/C20H23N3O2/c1-14-9-10-18(13-15(14)2)23-12-11-22(16(3)19(23)24)20(25)21-17-7-5-4-6-8-17/h4-10,13,16H,11-12H2,1-3H3,(H,21,25)/t16-/m1/s1. The van der Waals surface area contributed by atoms with Crippen LogP contribution < -0.4 is 10.2 Å². The fourth-order valence-electron chi connectivity index (χ4n) is 3.01. The van der Waals surface area contributed by atoms with Gasteiger partial charge in [-0.2, -0.15) is 0 Å². The summed E-state index contributed by atoms with van der Waals surface area (Å²) in [4.78, 5) is 28.7. The molecule has 1 aliphatic rings. The fraction of sp³-hybridized carbons (Fsp3) is 0.300. The van der Waals surface area contributed by atoms with Crippen molar-refractivity contribution in [1.29, 1.82) is 0 Å². The number of amides is 3.